The Balaban J connectivity index is 0.00000192. The summed E-state index contributed by atoms with van der Waals surface area (Å²) in [7, 11) is 0. The van der Waals surface area contributed by atoms with Gasteiger partial charge in [0.2, 0.25) is 5.13 Å². The number of aromatic nitrogens is 3. The van der Waals surface area contributed by atoms with Gasteiger partial charge in [0.15, 0.2) is 5.78 Å². The molecule has 7 nitrogen and oxygen atoms in total. The van der Waals surface area contributed by atoms with Gasteiger partial charge in [-0.3, -0.25) is 19.5 Å². The normalized spacial score (nSPS) is 10.5. The van der Waals surface area contributed by atoms with Gasteiger partial charge in [0, 0.05) is 0 Å². The van der Waals surface area contributed by atoms with E-state index in [4.69, 9.17) is 5.11 Å². The van der Waals surface area contributed by atoms with Crippen molar-refractivity contribution in [2.45, 2.75) is 13.3 Å². The number of nitrogens with zero attached hydrogens (tertiary/aromatic N) is 2. The van der Waals surface area contributed by atoms with Gasteiger partial charge in [0.1, 0.15) is 5.56 Å². The quantitative estimate of drug-likeness (QED) is 0.698. The molecule has 0 radical (unpaired) electrons. The lowest BCUT2D eigenvalue weighted by Gasteiger charge is -1.95. The van der Waals surface area contributed by atoms with Crippen molar-refractivity contribution >= 4 is 45.7 Å². The Labute approximate surface area is 140 Å². The number of carboxylic acid groups (broad SMARTS) is 1. The summed E-state index contributed by atoms with van der Waals surface area (Å²) < 4.78 is 2.02. The number of carbonyl (C=O) groups excluding carboxylic acids is 1. The standard InChI is InChI=1S/C14H11N3O4S.ClH/c1-7(18)12-9(6-11(19)20)16-17(13(12)21)14-15-8-4-2-3-5-10(8)22-14;/h2-5,16H,6H2,1H3,(H,19,20);1H. The van der Waals surface area contributed by atoms with Crippen LogP contribution in [0.1, 0.15) is 23.0 Å². The molecule has 3 aromatic rings. The van der Waals surface area contributed by atoms with Gasteiger partial charge < -0.3 is 5.11 Å². The first-order chi connectivity index (χ1) is 10.5. The molecule has 0 atom stereocenters. The zero-order valence-corrected chi connectivity index (χ0v) is 13.5. The van der Waals surface area contributed by atoms with E-state index in [1.165, 1.54) is 18.3 Å². The highest BCUT2D eigenvalue weighted by Crippen LogP contribution is 2.23. The Morgan fingerprint density at radius 3 is 2.65 bits per heavy atom. The fourth-order valence-electron chi connectivity index (χ4n) is 2.22. The third-order valence-corrected chi connectivity index (χ3v) is 4.14. The number of nitrogens with one attached hydrogen (secondary N) is 1. The highest BCUT2D eigenvalue weighted by molar-refractivity contribution is 7.20. The van der Waals surface area contributed by atoms with Gasteiger partial charge in [-0.2, -0.15) is 4.68 Å². The van der Waals surface area contributed by atoms with Crippen molar-refractivity contribution in [3.8, 4) is 5.13 Å². The summed E-state index contributed by atoms with van der Waals surface area (Å²) in [5.74, 6) is -1.60. The van der Waals surface area contributed by atoms with Crippen molar-refractivity contribution in [3.63, 3.8) is 0 Å². The van der Waals surface area contributed by atoms with E-state index in [1.807, 2.05) is 24.3 Å². The molecular formula is C14H12ClN3O4S. The molecule has 0 fully saturated rings. The molecule has 3 rings (SSSR count). The predicted molar refractivity (Wildman–Crippen MR) is 88.2 cm³/mol. The summed E-state index contributed by atoms with van der Waals surface area (Å²) in [6.07, 6.45) is -0.429. The molecule has 2 aromatic heterocycles. The van der Waals surface area contributed by atoms with Gasteiger partial charge in [-0.05, 0) is 19.1 Å². The number of carbonyl (C=O) groups is 2. The van der Waals surface area contributed by atoms with Crippen molar-refractivity contribution in [1.82, 2.24) is 14.8 Å². The van der Waals surface area contributed by atoms with Gasteiger partial charge in [0.25, 0.3) is 5.56 Å². The molecule has 0 aliphatic carbocycles. The topological polar surface area (TPSA) is 105 Å². The summed E-state index contributed by atoms with van der Waals surface area (Å²) in [5.41, 5.74) is 0.0990. The lowest BCUT2D eigenvalue weighted by molar-refractivity contribution is -0.136. The lowest BCUT2D eigenvalue weighted by atomic mass is 10.1. The van der Waals surface area contributed by atoms with Crippen LogP contribution in [0.3, 0.4) is 0 Å². The first kappa shape index (κ1) is 16.9. The average molecular weight is 354 g/mol. The Hall–Kier alpha value is -2.45. The fraction of sp³-hybridized carbons (Fsp3) is 0.143. The van der Waals surface area contributed by atoms with E-state index in [0.29, 0.717) is 5.13 Å². The van der Waals surface area contributed by atoms with Crippen LogP contribution in [0, 0.1) is 0 Å². The van der Waals surface area contributed by atoms with E-state index in [-0.39, 0.29) is 23.7 Å². The monoisotopic (exact) mass is 353 g/mol. The van der Waals surface area contributed by atoms with Crippen LogP contribution >= 0.6 is 23.7 Å². The molecule has 2 N–H and O–H groups in total. The number of H-pyrrole nitrogens is 1. The minimum atomic E-state index is -1.12. The molecule has 9 heteroatoms. The maximum Gasteiger partial charge on any atom is 0.309 e. The number of hydrogen-bond acceptors (Lipinski definition) is 5. The highest BCUT2D eigenvalue weighted by Gasteiger charge is 2.22. The molecule has 0 spiro atoms. The first-order valence-electron chi connectivity index (χ1n) is 6.40. The second-order valence-electron chi connectivity index (χ2n) is 4.70. The van der Waals surface area contributed by atoms with Crippen molar-refractivity contribution in [2.75, 3.05) is 0 Å². The molecule has 2 heterocycles. The SMILES string of the molecule is CC(=O)c1c(CC(=O)O)[nH]n(-c2nc3ccccc3s2)c1=O.Cl. The summed E-state index contributed by atoms with van der Waals surface area (Å²) in [4.78, 5) is 39.2. The second kappa shape index (κ2) is 6.35. The molecule has 1 aromatic carbocycles. The van der Waals surface area contributed by atoms with E-state index in [0.717, 1.165) is 14.9 Å². The summed E-state index contributed by atoms with van der Waals surface area (Å²) in [5, 5.41) is 12.0. The summed E-state index contributed by atoms with van der Waals surface area (Å²) in [6.45, 7) is 1.23. The van der Waals surface area contributed by atoms with Gasteiger partial charge >= 0.3 is 5.97 Å². The van der Waals surface area contributed by atoms with Gasteiger partial charge in [-0.25, -0.2) is 4.98 Å². The van der Waals surface area contributed by atoms with Gasteiger partial charge in [0.05, 0.1) is 22.3 Å². The van der Waals surface area contributed by atoms with Crippen molar-refractivity contribution in [3.05, 3.63) is 45.9 Å². The number of halogens is 1. The van der Waals surface area contributed by atoms with Crippen molar-refractivity contribution in [2.24, 2.45) is 0 Å². The predicted octanol–water partition coefficient (Wildman–Crippen LogP) is 2.03. The van der Waals surface area contributed by atoms with Crippen LogP contribution in [0.4, 0.5) is 0 Å². The number of benzene rings is 1. The van der Waals surface area contributed by atoms with E-state index in [2.05, 4.69) is 10.1 Å². The Kier molecular flexibility index (Phi) is 4.67. The molecule has 0 aliphatic rings. The Bertz CT molecular complexity index is 923. The number of para-hydroxylation sites is 1. The lowest BCUT2D eigenvalue weighted by Crippen LogP contribution is -2.19. The number of aliphatic carboxylic acids is 1. The van der Waals surface area contributed by atoms with Crippen LogP contribution in [0.25, 0.3) is 15.3 Å². The number of carboxylic acids is 1. The van der Waals surface area contributed by atoms with Crippen LogP contribution in [0.15, 0.2) is 29.1 Å². The van der Waals surface area contributed by atoms with Crippen LogP contribution < -0.4 is 5.56 Å². The average Bonchev–Trinajstić information content (AvgIpc) is 2.98. The number of hydrogen-bond donors (Lipinski definition) is 2. The largest absolute Gasteiger partial charge is 0.481 e. The van der Waals surface area contributed by atoms with E-state index in [1.54, 1.807) is 0 Å². The first-order valence-corrected chi connectivity index (χ1v) is 7.21. The number of fused-ring (bicyclic) bond motifs is 1. The number of thiazole rings is 1. The number of Topliss-reactive ketones (excluding diaryl/α,β-unsaturated/α-hetero) is 1. The zero-order valence-electron chi connectivity index (χ0n) is 11.9. The maximum absolute atomic E-state index is 12.4. The van der Waals surface area contributed by atoms with Crippen molar-refractivity contribution < 1.29 is 14.7 Å². The van der Waals surface area contributed by atoms with Gasteiger partial charge in [-0.15, -0.1) is 12.4 Å². The smallest absolute Gasteiger partial charge is 0.309 e. The molecule has 0 amide bonds. The fourth-order valence-corrected chi connectivity index (χ4v) is 3.14. The number of ketones is 1. The van der Waals surface area contributed by atoms with Crippen molar-refractivity contribution in [1.29, 1.82) is 0 Å². The molecular weight excluding hydrogens is 342 g/mol. The third kappa shape index (κ3) is 3.03. The minimum Gasteiger partial charge on any atom is -0.481 e. The second-order valence-corrected chi connectivity index (χ2v) is 5.71. The maximum atomic E-state index is 12.4. The van der Waals surface area contributed by atoms with E-state index >= 15 is 0 Å². The third-order valence-electron chi connectivity index (χ3n) is 3.12. The molecule has 0 bridgehead atoms. The molecule has 120 valence electrons. The van der Waals surface area contributed by atoms with Crippen LogP contribution in [-0.2, 0) is 11.2 Å². The molecule has 0 saturated carbocycles. The summed E-state index contributed by atoms with van der Waals surface area (Å²) in [6, 6.07) is 7.38. The van der Waals surface area contributed by atoms with E-state index in [9.17, 15) is 14.4 Å². The minimum absolute atomic E-state index is 0. The van der Waals surface area contributed by atoms with Gasteiger partial charge in [-0.1, -0.05) is 23.5 Å². The number of aromatic amines is 1. The van der Waals surface area contributed by atoms with Crippen LogP contribution in [0.2, 0.25) is 0 Å². The molecule has 0 saturated heterocycles. The Morgan fingerprint density at radius 2 is 2.04 bits per heavy atom. The molecule has 0 unspecified atom stereocenters. The van der Waals surface area contributed by atoms with Crippen LogP contribution in [0.5, 0.6) is 0 Å². The summed E-state index contributed by atoms with van der Waals surface area (Å²) >= 11 is 1.28. The van der Waals surface area contributed by atoms with Crippen LogP contribution in [-0.4, -0.2) is 31.6 Å². The highest BCUT2D eigenvalue weighted by atomic mass is 35.5. The number of rotatable bonds is 4. The molecule has 0 aliphatic heterocycles. The Morgan fingerprint density at radius 1 is 1.35 bits per heavy atom. The van der Waals surface area contributed by atoms with E-state index < -0.39 is 23.7 Å². The zero-order chi connectivity index (χ0) is 15.9. The molecule has 23 heavy (non-hydrogen) atoms.